The Morgan fingerprint density at radius 1 is 1.52 bits per heavy atom. The van der Waals surface area contributed by atoms with Crippen LogP contribution in [0.2, 0.25) is 0 Å². The third-order valence-corrected chi connectivity index (χ3v) is 3.95. The van der Waals surface area contributed by atoms with Crippen molar-refractivity contribution < 1.29 is 9.32 Å². The smallest absolute Gasteiger partial charge is 0.227 e. The van der Waals surface area contributed by atoms with Crippen molar-refractivity contribution >= 4 is 29.7 Å². The van der Waals surface area contributed by atoms with Gasteiger partial charge in [-0.25, -0.2) is 0 Å². The Labute approximate surface area is 132 Å². The summed E-state index contributed by atoms with van der Waals surface area (Å²) in [6.45, 7) is 2.73. The van der Waals surface area contributed by atoms with E-state index in [1.165, 1.54) is 0 Å². The summed E-state index contributed by atoms with van der Waals surface area (Å²) < 4.78 is 5.15. The highest BCUT2D eigenvalue weighted by molar-refractivity contribution is 7.08. The maximum absolute atomic E-state index is 11.7. The molecule has 1 fully saturated rings. The molecule has 0 spiro atoms. The Hall–Kier alpha value is -1.44. The van der Waals surface area contributed by atoms with E-state index in [1.54, 1.807) is 11.3 Å². The van der Waals surface area contributed by atoms with Crippen molar-refractivity contribution in [1.29, 1.82) is 0 Å². The number of nitrogens with zero attached hydrogens (tertiary/aromatic N) is 2. The Balaban J connectivity index is 0.00000161. The number of aromatic nitrogens is 2. The number of rotatable bonds is 6. The van der Waals surface area contributed by atoms with Gasteiger partial charge in [0, 0.05) is 49.3 Å². The lowest BCUT2D eigenvalue weighted by atomic mass is 10.0. The van der Waals surface area contributed by atoms with E-state index in [4.69, 9.17) is 4.52 Å². The highest BCUT2D eigenvalue weighted by atomic mass is 35.5. The molecule has 8 heteroatoms. The molecule has 0 aromatic carbocycles. The van der Waals surface area contributed by atoms with E-state index in [1.807, 2.05) is 16.8 Å². The molecule has 114 valence electrons. The first kappa shape index (κ1) is 15.9. The second-order valence-electron chi connectivity index (χ2n) is 4.85. The molecular weight excluding hydrogens is 312 g/mol. The first-order valence-electron chi connectivity index (χ1n) is 6.64. The summed E-state index contributed by atoms with van der Waals surface area (Å²) in [7, 11) is 0. The highest BCUT2D eigenvalue weighted by Gasteiger charge is 2.17. The van der Waals surface area contributed by atoms with Crippen molar-refractivity contribution in [2.75, 3.05) is 19.6 Å². The van der Waals surface area contributed by atoms with E-state index in [0.717, 1.165) is 25.2 Å². The quantitative estimate of drug-likeness (QED) is 0.839. The monoisotopic (exact) mass is 328 g/mol. The van der Waals surface area contributed by atoms with Gasteiger partial charge in [0.05, 0.1) is 0 Å². The number of carbonyl (C=O) groups is 1. The van der Waals surface area contributed by atoms with E-state index in [9.17, 15) is 4.79 Å². The lowest BCUT2D eigenvalue weighted by molar-refractivity contribution is -0.121. The van der Waals surface area contributed by atoms with Crippen LogP contribution in [0.1, 0.15) is 12.3 Å². The van der Waals surface area contributed by atoms with E-state index < -0.39 is 0 Å². The summed E-state index contributed by atoms with van der Waals surface area (Å²) >= 11 is 1.59. The fourth-order valence-electron chi connectivity index (χ4n) is 1.93. The van der Waals surface area contributed by atoms with Gasteiger partial charge in [-0.1, -0.05) is 5.16 Å². The maximum atomic E-state index is 11.7. The number of amides is 1. The third-order valence-electron chi connectivity index (χ3n) is 3.27. The van der Waals surface area contributed by atoms with Gasteiger partial charge >= 0.3 is 0 Å². The van der Waals surface area contributed by atoms with Crippen molar-refractivity contribution in [3.63, 3.8) is 0 Å². The third kappa shape index (κ3) is 4.26. The molecule has 1 aliphatic rings. The van der Waals surface area contributed by atoms with Crippen LogP contribution in [-0.4, -0.2) is 35.7 Å². The summed E-state index contributed by atoms with van der Waals surface area (Å²) in [5.74, 6) is 1.70. The molecular formula is C13H17ClN4O2S. The Morgan fingerprint density at radius 3 is 3.05 bits per heavy atom. The maximum Gasteiger partial charge on any atom is 0.227 e. The normalized spacial score (nSPS) is 14.3. The van der Waals surface area contributed by atoms with Gasteiger partial charge in [-0.3, -0.25) is 4.79 Å². The van der Waals surface area contributed by atoms with Gasteiger partial charge in [0.1, 0.15) is 0 Å². The van der Waals surface area contributed by atoms with Crippen LogP contribution < -0.4 is 10.6 Å². The predicted molar refractivity (Wildman–Crippen MR) is 82.5 cm³/mol. The topological polar surface area (TPSA) is 80.0 Å². The number of hydrogen-bond acceptors (Lipinski definition) is 6. The van der Waals surface area contributed by atoms with Gasteiger partial charge in [-0.15, -0.1) is 12.4 Å². The van der Waals surface area contributed by atoms with Crippen molar-refractivity contribution in [3.8, 4) is 11.4 Å². The first-order valence-corrected chi connectivity index (χ1v) is 7.58. The van der Waals surface area contributed by atoms with E-state index in [2.05, 4.69) is 20.8 Å². The fourth-order valence-corrected chi connectivity index (χ4v) is 2.56. The van der Waals surface area contributed by atoms with Gasteiger partial charge in [0.25, 0.3) is 0 Å². The molecule has 1 amide bonds. The molecule has 6 nitrogen and oxygen atoms in total. The summed E-state index contributed by atoms with van der Waals surface area (Å²) in [6, 6.07) is 1.94. The molecule has 0 saturated carbocycles. The van der Waals surface area contributed by atoms with Crippen molar-refractivity contribution in [1.82, 2.24) is 20.8 Å². The number of halogens is 1. The molecule has 0 radical (unpaired) electrons. The van der Waals surface area contributed by atoms with Gasteiger partial charge in [-0.2, -0.15) is 16.3 Å². The summed E-state index contributed by atoms with van der Waals surface area (Å²) in [6.07, 6.45) is 0.858. The van der Waals surface area contributed by atoms with E-state index in [-0.39, 0.29) is 18.3 Å². The van der Waals surface area contributed by atoms with Gasteiger partial charge < -0.3 is 15.2 Å². The molecule has 2 aromatic rings. The zero-order valence-corrected chi connectivity index (χ0v) is 13.0. The van der Waals surface area contributed by atoms with E-state index in [0.29, 0.717) is 30.5 Å². The van der Waals surface area contributed by atoms with Crippen molar-refractivity contribution in [2.45, 2.75) is 12.8 Å². The SMILES string of the molecule is Cl.O=C(CCc1nc(-c2ccsc2)no1)NCC1CNC1. The molecule has 21 heavy (non-hydrogen) atoms. The molecule has 0 atom stereocenters. The fraction of sp³-hybridized carbons (Fsp3) is 0.462. The zero-order chi connectivity index (χ0) is 13.8. The second-order valence-corrected chi connectivity index (χ2v) is 5.63. The van der Waals surface area contributed by atoms with Crippen LogP contribution in [0.25, 0.3) is 11.4 Å². The standard InChI is InChI=1S/C13H16N4O2S.ClH/c18-11(15-7-9-5-14-6-9)1-2-12-16-13(17-19-12)10-3-4-20-8-10;/h3-4,8-9,14H,1-2,5-7H2,(H,15,18);1H. The lowest BCUT2D eigenvalue weighted by Crippen LogP contribution is -2.48. The van der Waals surface area contributed by atoms with Crippen LogP contribution in [0.4, 0.5) is 0 Å². The van der Waals surface area contributed by atoms with Crippen molar-refractivity contribution in [2.24, 2.45) is 5.92 Å². The van der Waals surface area contributed by atoms with Gasteiger partial charge in [0.15, 0.2) is 0 Å². The summed E-state index contributed by atoms with van der Waals surface area (Å²) in [5.41, 5.74) is 0.951. The molecule has 0 unspecified atom stereocenters. The molecule has 3 heterocycles. The first-order chi connectivity index (χ1) is 9.81. The Bertz CT molecular complexity index is 568. The van der Waals surface area contributed by atoms with E-state index >= 15 is 0 Å². The number of thiophene rings is 1. The number of aryl methyl sites for hydroxylation is 1. The molecule has 2 aromatic heterocycles. The number of nitrogens with one attached hydrogen (secondary N) is 2. The van der Waals surface area contributed by atoms with Crippen LogP contribution in [0.5, 0.6) is 0 Å². The average Bonchev–Trinajstić information content (AvgIpc) is 3.05. The zero-order valence-electron chi connectivity index (χ0n) is 11.4. The minimum absolute atomic E-state index is 0. The number of hydrogen-bond donors (Lipinski definition) is 2. The second kappa shape index (κ2) is 7.53. The van der Waals surface area contributed by atoms with Crippen LogP contribution in [-0.2, 0) is 11.2 Å². The predicted octanol–water partition coefficient (Wildman–Crippen LogP) is 1.49. The average molecular weight is 329 g/mol. The number of carbonyl (C=O) groups excluding carboxylic acids is 1. The summed E-state index contributed by atoms with van der Waals surface area (Å²) in [4.78, 5) is 16.0. The molecule has 0 aliphatic carbocycles. The molecule has 2 N–H and O–H groups in total. The molecule has 3 rings (SSSR count). The largest absolute Gasteiger partial charge is 0.356 e. The van der Waals surface area contributed by atoms with Gasteiger partial charge in [0.2, 0.25) is 17.6 Å². The molecule has 1 saturated heterocycles. The minimum Gasteiger partial charge on any atom is -0.356 e. The lowest BCUT2D eigenvalue weighted by Gasteiger charge is -2.27. The van der Waals surface area contributed by atoms with Crippen LogP contribution >= 0.6 is 23.7 Å². The van der Waals surface area contributed by atoms with Crippen molar-refractivity contribution in [3.05, 3.63) is 22.7 Å². The minimum atomic E-state index is 0. The molecule has 0 bridgehead atoms. The Morgan fingerprint density at radius 2 is 2.38 bits per heavy atom. The Kier molecular flexibility index (Phi) is 5.72. The summed E-state index contributed by atoms with van der Waals surface area (Å²) in [5, 5.41) is 13.9. The molecule has 1 aliphatic heterocycles. The van der Waals surface area contributed by atoms with Gasteiger partial charge in [-0.05, 0) is 11.4 Å². The van der Waals surface area contributed by atoms with Crippen LogP contribution in [0.15, 0.2) is 21.3 Å². The van der Waals surface area contributed by atoms with Crippen LogP contribution in [0, 0.1) is 5.92 Å². The van der Waals surface area contributed by atoms with Crippen LogP contribution in [0.3, 0.4) is 0 Å². The highest BCUT2D eigenvalue weighted by Crippen LogP contribution is 2.18.